The van der Waals surface area contributed by atoms with E-state index >= 15 is 0 Å². The van der Waals surface area contributed by atoms with Gasteiger partial charge < -0.3 is 15.3 Å². The molecule has 1 spiro atoms. The van der Waals surface area contributed by atoms with E-state index in [1.54, 1.807) is 0 Å². The lowest BCUT2D eigenvalue weighted by atomic mass is 9.77. The lowest BCUT2D eigenvalue weighted by Gasteiger charge is -2.43. The van der Waals surface area contributed by atoms with E-state index in [0.29, 0.717) is 12.0 Å². The Labute approximate surface area is 171 Å². The highest BCUT2D eigenvalue weighted by Crippen LogP contribution is 2.42. The smallest absolute Gasteiger partial charge is 0.0556 e. The van der Waals surface area contributed by atoms with Crippen molar-refractivity contribution >= 4 is 0 Å². The molecule has 2 N–H and O–H groups in total. The maximum Gasteiger partial charge on any atom is 0.0556 e. The summed E-state index contributed by atoms with van der Waals surface area (Å²) in [6, 6.07) is 9.93. The fraction of sp³-hybridized carbons (Fsp3) is 0.750. The molecule has 0 atom stereocenters. The number of piperidine rings is 1. The second kappa shape index (κ2) is 9.71. The first-order valence-corrected chi connectivity index (χ1v) is 11.6. The summed E-state index contributed by atoms with van der Waals surface area (Å²) in [4.78, 5) is 5.52. The van der Waals surface area contributed by atoms with E-state index in [1.807, 2.05) is 0 Å². The minimum atomic E-state index is 0.202. The summed E-state index contributed by atoms with van der Waals surface area (Å²) < 4.78 is 0. The maximum atomic E-state index is 8.86. The third kappa shape index (κ3) is 5.15. The molecule has 4 nitrogen and oxygen atoms in total. The molecule has 3 fully saturated rings. The molecule has 2 heterocycles. The van der Waals surface area contributed by atoms with Crippen molar-refractivity contribution in [2.24, 2.45) is 5.41 Å². The number of nitrogens with one attached hydrogen (secondary N) is 1. The lowest BCUT2D eigenvalue weighted by Crippen LogP contribution is -2.46. The van der Waals surface area contributed by atoms with Gasteiger partial charge in [-0.2, -0.15) is 0 Å². The predicted octanol–water partition coefficient (Wildman–Crippen LogP) is 3.39. The largest absolute Gasteiger partial charge is 0.395 e. The lowest BCUT2D eigenvalue weighted by molar-refractivity contribution is 0.0615. The van der Waals surface area contributed by atoms with E-state index in [9.17, 15) is 0 Å². The number of likely N-dealkylation sites (tertiary alicyclic amines) is 2. The number of hydrogen-bond acceptors (Lipinski definition) is 4. The molecule has 0 aromatic heterocycles. The second-order valence-electron chi connectivity index (χ2n) is 9.51. The first-order chi connectivity index (χ1) is 13.8. The standard InChI is InChI=1S/C24H39N3O/c28-17-13-25-18-21-6-8-22(9-7-21)19-26-14-10-24(20-26)11-15-27(16-12-24)23-4-2-1-3-5-23/h6-9,23,25,28H,1-5,10-20H2. The SMILES string of the molecule is OCCNCc1ccc(CN2CCC3(CCN(C4CCCCC4)CC3)C2)cc1. The molecule has 0 radical (unpaired) electrons. The Bertz CT molecular complexity index is 588. The van der Waals surface area contributed by atoms with Crippen molar-refractivity contribution in [3.8, 4) is 0 Å². The van der Waals surface area contributed by atoms with Crippen LogP contribution in [0.1, 0.15) is 62.5 Å². The van der Waals surface area contributed by atoms with Crippen molar-refractivity contribution in [3.63, 3.8) is 0 Å². The molecule has 3 aliphatic rings. The highest BCUT2D eigenvalue weighted by Gasteiger charge is 2.41. The minimum Gasteiger partial charge on any atom is -0.395 e. The van der Waals surface area contributed by atoms with Gasteiger partial charge >= 0.3 is 0 Å². The van der Waals surface area contributed by atoms with Crippen molar-refractivity contribution in [3.05, 3.63) is 35.4 Å². The van der Waals surface area contributed by atoms with Crippen LogP contribution in [0.25, 0.3) is 0 Å². The van der Waals surface area contributed by atoms with E-state index in [0.717, 1.165) is 19.1 Å². The van der Waals surface area contributed by atoms with Gasteiger partial charge in [-0.15, -0.1) is 0 Å². The van der Waals surface area contributed by atoms with Crippen molar-refractivity contribution < 1.29 is 5.11 Å². The molecular weight excluding hydrogens is 346 g/mol. The molecule has 2 saturated heterocycles. The van der Waals surface area contributed by atoms with Gasteiger partial charge in [0.1, 0.15) is 0 Å². The number of hydrogen-bond donors (Lipinski definition) is 2. The van der Waals surface area contributed by atoms with Gasteiger partial charge in [-0.05, 0) is 68.3 Å². The topological polar surface area (TPSA) is 38.7 Å². The van der Waals surface area contributed by atoms with Crippen LogP contribution in [-0.4, -0.2) is 60.3 Å². The van der Waals surface area contributed by atoms with Crippen LogP contribution in [0.2, 0.25) is 0 Å². The zero-order chi connectivity index (χ0) is 19.2. The summed E-state index contributed by atoms with van der Waals surface area (Å²) in [5.41, 5.74) is 3.33. The Morgan fingerprint density at radius 2 is 1.61 bits per heavy atom. The summed E-state index contributed by atoms with van der Waals surface area (Å²) in [6.45, 7) is 8.04. The molecule has 1 aliphatic carbocycles. The van der Waals surface area contributed by atoms with Gasteiger partial charge in [0.2, 0.25) is 0 Å². The highest BCUT2D eigenvalue weighted by atomic mass is 16.3. The quantitative estimate of drug-likeness (QED) is 0.706. The van der Waals surface area contributed by atoms with Crippen LogP contribution < -0.4 is 5.32 Å². The average molecular weight is 386 g/mol. The third-order valence-electron chi connectivity index (χ3n) is 7.51. The van der Waals surface area contributed by atoms with E-state index in [1.165, 1.54) is 88.7 Å². The van der Waals surface area contributed by atoms with Gasteiger partial charge in [0.25, 0.3) is 0 Å². The summed E-state index contributed by atoms with van der Waals surface area (Å²) in [7, 11) is 0. The molecule has 156 valence electrons. The number of benzene rings is 1. The Kier molecular flexibility index (Phi) is 7.05. The Morgan fingerprint density at radius 3 is 2.32 bits per heavy atom. The van der Waals surface area contributed by atoms with Crippen molar-refractivity contribution in [1.29, 1.82) is 0 Å². The van der Waals surface area contributed by atoms with E-state index in [4.69, 9.17) is 5.11 Å². The zero-order valence-electron chi connectivity index (χ0n) is 17.5. The van der Waals surface area contributed by atoms with Crippen LogP contribution in [0.4, 0.5) is 0 Å². The van der Waals surface area contributed by atoms with Crippen LogP contribution >= 0.6 is 0 Å². The number of rotatable bonds is 7. The summed E-state index contributed by atoms with van der Waals surface area (Å²) in [5, 5.41) is 12.1. The number of nitrogens with zero attached hydrogens (tertiary/aromatic N) is 2. The molecule has 1 aromatic carbocycles. The monoisotopic (exact) mass is 385 g/mol. The van der Waals surface area contributed by atoms with Crippen molar-refractivity contribution in [1.82, 2.24) is 15.1 Å². The van der Waals surface area contributed by atoms with Gasteiger partial charge in [0.05, 0.1) is 6.61 Å². The summed E-state index contributed by atoms with van der Waals surface area (Å²) in [6.07, 6.45) is 11.5. The highest BCUT2D eigenvalue weighted by molar-refractivity contribution is 5.22. The van der Waals surface area contributed by atoms with Crippen LogP contribution in [0, 0.1) is 5.41 Å². The fourth-order valence-corrected chi connectivity index (χ4v) is 5.71. The molecule has 28 heavy (non-hydrogen) atoms. The molecule has 4 rings (SSSR count). The number of aliphatic hydroxyl groups is 1. The molecule has 1 saturated carbocycles. The van der Waals surface area contributed by atoms with Crippen LogP contribution in [0.5, 0.6) is 0 Å². The molecule has 2 aliphatic heterocycles. The van der Waals surface area contributed by atoms with E-state index in [-0.39, 0.29) is 6.61 Å². The van der Waals surface area contributed by atoms with Gasteiger partial charge in [-0.25, -0.2) is 0 Å². The fourth-order valence-electron chi connectivity index (χ4n) is 5.71. The van der Waals surface area contributed by atoms with Gasteiger partial charge in [0.15, 0.2) is 0 Å². The molecule has 4 heteroatoms. The molecule has 0 bridgehead atoms. The molecule has 1 aromatic rings. The third-order valence-corrected chi connectivity index (χ3v) is 7.51. The molecular formula is C24H39N3O. The van der Waals surface area contributed by atoms with Gasteiger partial charge in [-0.1, -0.05) is 43.5 Å². The minimum absolute atomic E-state index is 0.202. The normalized spacial score (nSPS) is 24.2. The summed E-state index contributed by atoms with van der Waals surface area (Å²) >= 11 is 0. The predicted molar refractivity (Wildman–Crippen MR) is 115 cm³/mol. The van der Waals surface area contributed by atoms with Crippen LogP contribution in [0.15, 0.2) is 24.3 Å². The Balaban J connectivity index is 1.23. The molecule has 0 unspecified atom stereocenters. The van der Waals surface area contributed by atoms with E-state index in [2.05, 4.69) is 39.4 Å². The van der Waals surface area contributed by atoms with Crippen LogP contribution in [-0.2, 0) is 13.1 Å². The van der Waals surface area contributed by atoms with Crippen molar-refractivity contribution in [2.45, 2.75) is 70.5 Å². The number of aliphatic hydroxyl groups excluding tert-OH is 1. The first-order valence-electron chi connectivity index (χ1n) is 11.6. The van der Waals surface area contributed by atoms with Gasteiger partial charge in [-0.3, -0.25) is 4.90 Å². The molecule has 0 amide bonds. The zero-order valence-corrected chi connectivity index (χ0v) is 17.5. The first kappa shape index (κ1) is 20.3. The average Bonchev–Trinajstić information content (AvgIpc) is 3.13. The Hall–Kier alpha value is -0.940. The van der Waals surface area contributed by atoms with E-state index < -0.39 is 0 Å². The summed E-state index contributed by atoms with van der Waals surface area (Å²) in [5.74, 6) is 0. The maximum absolute atomic E-state index is 8.86. The Morgan fingerprint density at radius 1 is 0.929 bits per heavy atom. The van der Waals surface area contributed by atoms with Gasteiger partial charge in [0, 0.05) is 32.2 Å². The second-order valence-corrected chi connectivity index (χ2v) is 9.51. The van der Waals surface area contributed by atoms with Crippen molar-refractivity contribution in [2.75, 3.05) is 39.3 Å². The van der Waals surface area contributed by atoms with Crippen LogP contribution in [0.3, 0.4) is 0 Å².